The lowest BCUT2D eigenvalue weighted by atomic mass is 10.1. The lowest BCUT2D eigenvalue weighted by Gasteiger charge is -2.17. The van der Waals surface area contributed by atoms with Gasteiger partial charge in [0.2, 0.25) is 11.8 Å². The van der Waals surface area contributed by atoms with Crippen LogP contribution in [0.4, 0.5) is 10.1 Å². The SMILES string of the molecule is CCCNC(=O)CN1C(=O)Cc2ncc(-c3ccc(F)cc3OC)cc21. The number of anilines is 1. The highest BCUT2D eigenvalue weighted by molar-refractivity contribution is 6.05. The summed E-state index contributed by atoms with van der Waals surface area (Å²) in [4.78, 5) is 30.1. The van der Waals surface area contributed by atoms with Crippen molar-refractivity contribution >= 4 is 17.5 Å². The number of fused-ring (bicyclic) bond motifs is 1. The average Bonchev–Trinajstić information content (AvgIpc) is 2.94. The Morgan fingerprint density at radius 2 is 2.19 bits per heavy atom. The summed E-state index contributed by atoms with van der Waals surface area (Å²) < 4.78 is 18.7. The molecule has 1 aliphatic rings. The third-order valence-electron chi connectivity index (χ3n) is 4.21. The van der Waals surface area contributed by atoms with Crippen molar-refractivity contribution in [2.75, 3.05) is 25.1 Å². The summed E-state index contributed by atoms with van der Waals surface area (Å²) in [6.45, 7) is 2.49. The molecule has 7 heteroatoms. The Morgan fingerprint density at radius 3 is 2.92 bits per heavy atom. The van der Waals surface area contributed by atoms with Gasteiger partial charge < -0.3 is 15.0 Å². The van der Waals surface area contributed by atoms with Crippen molar-refractivity contribution in [3.63, 3.8) is 0 Å². The van der Waals surface area contributed by atoms with Crippen molar-refractivity contribution in [2.24, 2.45) is 0 Å². The van der Waals surface area contributed by atoms with Crippen LogP contribution in [0.1, 0.15) is 19.0 Å². The lowest BCUT2D eigenvalue weighted by Crippen LogP contribution is -2.39. The van der Waals surface area contributed by atoms with E-state index in [9.17, 15) is 14.0 Å². The van der Waals surface area contributed by atoms with Gasteiger partial charge in [-0.05, 0) is 24.6 Å². The van der Waals surface area contributed by atoms with Crippen molar-refractivity contribution in [3.8, 4) is 16.9 Å². The minimum Gasteiger partial charge on any atom is -0.496 e. The number of hydrogen-bond acceptors (Lipinski definition) is 4. The first-order chi connectivity index (χ1) is 12.5. The number of methoxy groups -OCH3 is 1. The topological polar surface area (TPSA) is 71.5 Å². The molecule has 1 aromatic heterocycles. The van der Waals surface area contributed by atoms with Gasteiger partial charge in [-0.3, -0.25) is 14.6 Å². The molecule has 2 amide bonds. The Labute approximate surface area is 151 Å². The van der Waals surface area contributed by atoms with E-state index in [4.69, 9.17) is 4.74 Å². The van der Waals surface area contributed by atoms with Gasteiger partial charge in [0.05, 0.1) is 24.9 Å². The predicted molar refractivity (Wildman–Crippen MR) is 95.5 cm³/mol. The van der Waals surface area contributed by atoms with Gasteiger partial charge in [-0.1, -0.05) is 6.92 Å². The maximum atomic E-state index is 13.4. The number of amides is 2. The summed E-state index contributed by atoms with van der Waals surface area (Å²) in [6.07, 6.45) is 2.62. The zero-order valence-corrected chi connectivity index (χ0v) is 14.7. The molecular formula is C19H20FN3O3. The molecule has 0 saturated heterocycles. The number of benzene rings is 1. The van der Waals surface area contributed by atoms with Gasteiger partial charge in [0.1, 0.15) is 18.1 Å². The van der Waals surface area contributed by atoms with E-state index in [1.807, 2.05) is 6.92 Å². The van der Waals surface area contributed by atoms with Gasteiger partial charge in [0.25, 0.3) is 0 Å². The maximum absolute atomic E-state index is 13.4. The van der Waals surface area contributed by atoms with Crippen LogP contribution in [-0.4, -0.2) is 37.0 Å². The number of hydrogen-bond donors (Lipinski definition) is 1. The Kier molecular flexibility index (Phi) is 5.16. The molecule has 3 rings (SSSR count). The van der Waals surface area contributed by atoms with Crippen LogP contribution in [0.15, 0.2) is 30.5 Å². The van der Waals surface area contributed by atoms with Crippen molar-refractivity contribution in [1.82, 2.24) is 10.3 Å². The van der Waals surface area contributed by atoms with Crippen molar-refractivity contribution in [2.45, 2.75) is 19.8 Å². The molecular weight excluding hydrogens is 337 g/mol. The fourth-order valence-electron chi connectivity index (χ4n) is 2.91. The van der Waals surface area contributed by atoms with Crippen LogP contribution in [0.2, 0.25) is 0 Å². The van der Waals surface area contributed by atoms with E-state index < -0.39 is 5.82 Å². The largest absolute Gasteiger partial charge is 0.496 e. The van der Waals surface area contributed by atoms with Crippen LogP contribution >= 0.6 is 0 Å². The van der Waals surface area contributed by atoms with E-state index >= 15 is 0 Å². The highest BCUT2D eigenvalue weighted by atomic mass is 19.1. The quantitative estimate of drug-likeness (QED) is 0.861. The maximum Gasteiger partial charge on any atom is 0.240 e. The highest BCUT2D eigenvalue weighted by Crippen LogP contribution is 2.35. The number of nitrogens with zero attached hydrogens (tertiary/aromatic N) is 2. The Hall–Kier alpha value is -2.96. The molecule has 1 aromatic carbocycles. The predicted octanol–water partition coefficient (Wildman–Crippen LogP) is 2.31. The number of halogens is 1. The van der Waals surface area contributed by atoms with Crippen LogP contribution in [0, 0.1) is 5.82 Å². The molecule has 0 unspecified atom stereocenters. The number of rotatable bonds is 6. The zero-order chi connectivity index (χ0) is 18.7. The number of carbonyl (C=O) groups excluding carboxylic acids is 2. The zero-order valence-electron chi connectivity index (χ0n) is 14.7. The van der Waals surface area contributed by atoms with E-state index in [1.54, 1.807) is 18.3 Å². The van der Waals surface area contributed by atoms with Gasteiger partial charge in [0.15, 0.2) is 0 Å². The molecule has 1 N–H and O–H groups in total. The molecule has 1 aliphatic heterocycles. The fraction of sp³-hybridized carbons (Fsp3) is 0.316. The average molecular weight is 357 g/mol. The summed E-state index contributed by atoms with van der Waals surface area (Å²) in [7, 11) is 1.47. The second kappa shape index (κ2) is 7.51. The van der Waals surface area contributed by atoms with E-state index in [0.717, 1.165) is 6.42 Å². The Bertz CT molecular complexity index is 854. The van der Waals surface area contributed by atoms with Crippen LogP contribution in [0.25, 0.3) is 11.1 Å². The summed E-state index contributed by atoms with van der Waals surface area (Å²) in [6, 6.07) is 6.03. The van der Waals surface area contributed by atoms with Gasteiger partial charge in [-0.15, -0.1) is 0 Å². The highest BCUT2D eigenvalue weighted by Gasteiger charge is 2.30. The number of aromatic nitrogens is 1. The van der Waals surface area contributed by atoms with E-state index in [2.05, 4.69) is 10.3 Å². The minimum absolute atomic E-state index is 0.0441. The third kappa shape index (κ3) is 3.51. The summed E-state index contributed by atoms with van der Waals surface area (Å²) >= 11 is 0. The van der Waals surface area contributed by atoms with Gasteiger partial charge in [0, 0.05) is 29.9 Å². The first kappa shape index (κ1) is 17.8. The minimum atomic E-state index is -0.399. The van der Waals surface area contributed by atoms with Gasteiger partial charge in [-0.2, -0.15) is 0 Å². The van der Waals surface area contributed by atoms with E-state index in [-0.39, 0.29) is 24.8 Å². The van der Waals surface area contributed by atoms with Crippen molar-refractivity contribution < 1.29 is 18.7 Å². The van der Waals surface area contributed by atoms with Crippen LogP contribution in [-0.2, 0) is 16.0 Å². The van der Waals surface area contributed by atoms with Crippen LogP contribution < -0.4 is 15.0 Å². The number of nitrogens with one attached hydrogen (secondary N) is 1. The molecule has 0 atom stereocenters. The van der Waals surface area contributed by atoms with E-state index in [1.165, 1.54) is 24.1 Å². The molecule has 0 saturated carbocycles. The van der Waals surface area contributed by atoms with Crippen LogP contribution in [0.3, 0.4) is 0 Å². The lowest BCUT2D eigenvalue weighted by molar-refractivity contribution is -0.123. The Balaban J connectivity index is 1.92. The number of ether oxygens (including phenoxy) is 1. The first-order valence-corrected chi connectivity index (χ1v) is 8.43. The van der Waals surface area contributed by atoms with Crippen molar-refractivity contribution in [1.29, 1.82) is 0 Å². The van der Waals surface area contributed by atoms with Crippen LogP contribution in [0.5, 0.6) is 5.75 Å². The molecule has 136 valence electrons. The monoisotopic (exact) mass is 357 g/mol. The molecule has 2 heterocycles. The second-order valence-electron chi connectivity index (χ2n) is 6.04. The smallest absolute Gasteiger partial charge is 0.240 e. The normalized spacial score (nSPS) is 12.9. The Morgan fingerprint density at radius 1 is 1.38 bits per heavy atom. The molecule has 6 nitrogen and oxygen atoms in total. The third-order valence-corrected chi connectivity index (χ3v) is 4.21. The number of carbonyl (C=O) groups is 2. The molecule has 0 spiro atoms. The summed E-state index contributed by atoms with van der Waals surface area (Å²) in [5.74, 6) is -0.396. The summed E-state index contributed by atoms with van der Waals surface area (Å²) in [5.41, 5.74) is 2.59. The molecule has 2 aromatic rings. The van der Waals surface area contributed by atoms with Gasteiger partial charge in [-0.25, -0.2) is 4.39 Å². The van der Waals surface area contributed by atoms with Crippen molar-refractivity contribution in [3.05, 3.63) is 42.0 Å². The number of pyridine rings is 1. The molecule has 0 fully saturated rings. The molecule has 26 heavy (non-hydrogen) atoms. The fourth-order valence-corrected chi connectivity index (χ4v) is 2.91. The standard InChI is InChI=1S/C19H20FN3O3/c1-3-6-21-18(24)11-23-16-7-12(10-22-15(16)9-19(23)25)14-5-4-13(20)8-17(14)26-2/h4-5,7-8,10H,3,6,9,11H2,1-2H3,(H,21,24). The van der Waals surface area contributed by atoms with E-state index in [0.29, 0.717) is 34.8 Å². The summed E-state index contributed by atoms with van der Waals surface area (Å²) in [5, 5.41) is 2.77. The molecule has 0 radical (unpaired) electrons. The molecule has 0 aliphatic carbocycles. The second-order valence-corrected chi connectivity index (χ2v) is 6.04. The molecule has 0 bridgehead atoms. The van der Waals surface area contributed by atoms with Gasteiger partial charge >= 0.3 is 0 Å². The first-order valence-electron chi connectivity index (χ1n) is 8.43.